The third-order valence-corrected chi connectivity index (χ3v) is 7.73. The predicted molar refractivity (Wildman–Crippen MR) is 150 cm³/mol. The molecule has 39 heavy (non-hydrogen) atoms. The molecule has 0 bridgehead atoms. The van der Waals surface area contributed by atoms with Crippen LogP contribution in [0.3, 0.4) is 0 Å². The Kier molecular flexibility index (Phi) is 8.39. The first-order chi connectivity index (χ1) is 19.0. The Labute approximate surface area is 230 Å². The van der Waals surface area contributed by atoms with Gasteiger partial charge in [-0.3, -0.25) is 9.10 Å². The summed E-state index contributed by atoms with van der Waals surface area (Å²) in [5.41, 5.74) is 4.68. The van der Waals surface area contributed by atoms with E-state index in [1.54, 1.807) is 4.31 Å². The number of hydroxylamine groups is 1. The Morgan fingerprint density at radius 3 is 2.56 bits per heavy atom. The van der Waals surface area contributed by atoms with Crippen LogP contribution in [-0.4, -0.2) is 32.8 Å². The SMILES string of the molecule is CC(=O)ON(Cc1ccc(OCCc2nc(-c3ccccc3)oc2C)cc1)S(=O)N1CCCc2ccccc21. The van der Waals surface area contributed by atoms with Crippen molar-refractivity contribution >= 4 is 22.8 Å². The van der Waals surface area contributed by atoms with E-state index < -0.39 is 17.1 Å². The molecule has 0 N–H and O–H groups in total. The number of para-hydroxylation sites is 1. The molecule has 5 rings (SSSR count). The van der Waals surface area contributed by atoms with Crippen molar-refractivity contribution in [3.05, 3.63) is 101 Å². The van der Waals surface area contributed by atoms with Gasteiger partial charge in [-0.1, -0.05) is 48.5 Å². The molecule has 202 valence electrons. The summed E-state index contributed by atoms with van der Waals surface area (Å²) >= 11 is -1.70. The van der Waals surface area contributed by atoms with Crippen molar-refractivity contribution < 1.29 is 23.0 Å². The van der Waals surface area contributed by atoms with E-state index >= 15 is 0 Å². The minimum Gasteiger partial charge on any atom is -0.493 e. The van der Waals surface area contributed by atoms with Crippen molar-refractivity contribution in [1.29, 1.82) is 0 Å². The van der Waals surface area contributed by atoms with E-state index in [9.17, 15) is 9.00 Å². The van der Waals surface area contributed by atoms with Crippen LogP contribution >= 0.6 is 0 Å². The van der Waals surface area contributed by atoms with Crippen LogP contribution in [0.15, 0.2) is 83.3 Å². The largest absolute Gasteiger partial charge is 0.493 e. The third-order valence-electron chi connectivity index (χ3n) is 6.42. The maximum atomic E-state index is 13.5. The first kappa shape index (κ1) is 26.6. The number of ether oxygens (including phenoxy) is 1. The van der Waals surface area contributed by atoms with Gasteiger partial charge in [-0.05, 0) is 65.7 Å². The van der Waals surface area contributed by atoms with Crippen LogP contribution in [0.25, 0.3) is 11.5 Å². The molecule has 0 spiro atoms. The van der Waals surface area contributed by atoms with Crippen molar-refractivity contribution in [1.82, 2.24) is 9.45 Å². The van der Waals surface area contributed by atoms with Gasteiger partial charge in [-0.2, -0.15) is 0 Å². The molecular weight excluding hydrogens is 514 g/mol. The van der Waals surface area contributed by atoms with Crippen molar-refractivity contribution in [3.8, 4) is 17.2 Å². The maximum absolute atomic E-state index is 13.5. The standard InChI is InChI=1S/C30H31N3O5S/c1-22-28(31-30(37-22)26-10-4-3-5-11-26)18-20-36-27-16-14-24(15-17-27)21-33(38-23(2)34)39(35)32-19-8-12-25-9-6-7-13-29(25)32/h3-7,9-11,13-17H,8,12,18-21H2,1-2H3. The van der Waals surface area contributed by atoms with E-state index in [2.05, 4.69) is 4.98 Å². The van der Waals surface area contributed by atoms with E-state index in [0.717, 1.165) is 46.7 Å². The number of aryl methyl sites for hydroxylation is 2. The number of carbonyl (C=O) groups is 1. The molecule has 1 unspecified atom stereocenters. The molecule has 4 aromatic rings. The van der Waals surface area contributed by atoms with Crippen LogP contribution in [0.1, 0.15) is 35.9 Å². The minimum absolute atomic E-state index is 0.172. The molecule has 0 aliphatic carbocycles. The highest BCUT2D eigenvalue weighted by Gasteiger charge is 2.28. The Bertz CT molecular complexity index is 1440. The van der Waals surface area contributed by atoms with Crippen molar-refractivity contribution in [2.24, 2.45) is 0 Å². The highest BCUT2D eigenvalue weighted by Crippen LogP contribution is 2.29. The zero-order chi connectivity index (χ0) is 27.2. The smallest absolute Gasteiger partial charge is 0.323 e. The lowest BCUT2D eigenvalue weighted by molar-refractivity contribution is -0.167. The molecule has 2 heterocycles. The lowest BCUT2D eigenvalue weighted by Crippen LogP contribution is -2.41. The first-order valence-electron chi connectivity index (χ1n) is 12.9. The average Bonchev–Trinajstić information content (AvgIpc) is 3.33. The molecule has 9 heteroatoms. The highest BCUT2D eigenvalue weighted by molar-refractivity contribution is 7.84. The van der Waals surface area contributed by atoms with Crippen LogP contribution in [0.4, 0.5) is 5.69 Å². The number of anilines is 1. The fourth-order valence-corrected chi connectivity index (χ4v) is 5.78. The van der Waals surface area contributed by atoms with E-state index in [1.807, 2.05) is 85.8 Å². The van der Waals surface area contributed by atoms with Crippen molar-refractivity contribution in [3.63, 3.8) is 0 Å². The predicted octanol–water partition coefficient (Wildman–Crippen LogP) is 5.58. The highest BCUT2D eigenvalue weighted by atomic mass is 32.2. The number of hydrogen-bond acceptors (Lipinski definition) is 6. The molecule has 3 aromatic carbocycles. The molecule has 0 fully saturated rings. The summed E-state index contributed by atoms with van der Waals surface area (Å²) in [6.45, 7) is 4.45. The van der Waals surface area contributed by atoms with E-state index in [-0.39, 0.29) is 6.54 Å². The summed E-state index contributed by atoms with van der Waals surface area (Å²) in [4.78, 5) is 21.8. The lowest BCUT2D eigenvalue weighted by atomic mass is 10.0. The lowest BCUT2D eigenvalue weighted by Gasteiger charge is -2.32. The van der Waals surface area contributed by atoms with Gasteiger partial charge in [0.1, 0.15) is 11.5 Å². The van der Waals surface area contributed by atoms with Gasteiger partial charge < -0.3 is 14.0 Å². The fraction of sp³-hybridized carbons (Fsp3) is 0.267. The molecular formula is C30H31N3O5S. The Balaban J connectivity index is 1.20. The van der Waals surface area contributed by atoms with Gasteiger partial charge in [0, 0.05) is 25.5 Å². The number of aromatic nitrogens is 1. The van der Waals surface area contributed by atoms with Crippen LogP contribution in [0, 0.1) is 6.92 Å². The second kappa shape index (κ2) is 12.3. The summed E-state index contributed by atoms with van der Waals surface area (Å²) in [5, 5.41) is 0. The first-order valence-corrected chi connectivity index (χ1v) is 14.0. The van der Waals surface area contributed by atoms with E-state index in [4.69, 9.17) is 14.0 Å². The van der Waals surface area contributed by atoms with Gasteiger partial charge in [0.2, 0.25) is 17.1 Å². The van der Waals surface area contributed by atoms with Crippen molar-refractivity contribution in [2.45, 2.75) is 39.7 Å². The number of benzene rings is 3. The molecule has 0 saturated heterocycles. The van der Waals surface area contributed by atoms with Gasteiger partial charge in [0.25, 0.3) is 0 Å². The summed E-state index contributed by atoms with van der Waals surface area (Å²) in [6, 6.07) is 25.2. The Morgan fingerprint density at radius 2 is 1.79 bits per heavy atom. The molecule has 0 radical (unpaired) electrons. The summed E-state index contributed by atoms with van der Waals surface area (Å²) in [7, 11) is 0. The number of nitrogens with zero attached hydrogens (tertiary/aromatic N) is 3. The molecule has 0 saturated carbocycles. The number of fused-ring (bicyclic) bond motifs is 1. The maximum Gasteiger partial charge on any atom is 0.323 e. The summed E-state index contributed by atoms with van der Waals surface area (Å²) in [5.74, 6) is 1.57. The quantitative estimate of drug-likeness (QED) is 0.242. The molecule has 1 atom stereocenters. The Hall–Kier alpha value is -3.95. The summed E-state index contributed by atoms with van der Waals surface area (Å²) < 4.78 is 28.3. The van der Waals surface area contributed by atoms with Gasteiger partial charge in [-0.25, -0.2) is 9.19 Å². The molecule has 1 aromatic heterocycles. The molecule has 1 aliphatic rings. The number of rotatable bonds is 10. The van der Waals surface area contributed by atoms with Gasteiger partial charge >= 0.3 is 5.97 Å². The third kappa shape index (κ3) is 6.55. The second-order valence-corrected chi connectivity index (χ2v) is 10.6. The molecule has 0 amide bonds. The zero-order valence-electron chi connectivity index (χ0n) is 22.0. The average molecular weight is 546 g/mol. The number of hydrogen-bond donors (Lipinski definition) is 0. The van der Waals surface area contributed by atoms with Crippen LogP contribution in [0.5, 0.6) is 5.75 Å². The Morgan fingerprint density at radius 1 is 1.05 bits per heavy atom. The topological polar surface area (TPSA) is 85.1 Å². The second-order valence-electron chi connectivity index (χ2n) is 9.27. The monoisotopic (exact) mass is 545 g/mol. The minimum atomic E-state index is -1.70. The normalized spacial score (nSPS) is 13.7. The molecule has 1 aliphatic heterocycles. The summed E-state index contributed by atoms with van der Waals surface area (Å²) in [6.07, 6.45) is 2.42. The van der Waals surface area contributed by atoms with Crippen LogP contribution in [0.2, 0.25) is 0 Å². The van der Waals surface area contributed by atoms with E-state index in [0.29, 0.717) is 31.2 Å². The van der Waals surface area contributed by atoms with Crippen LogP contribution in [-0.2, 0) is 40.2 Å². The van der Waals surface area contributed by atoms with Gasteiger partial charge in [-0.15, -0.1) is 0 Å². The number of oxazole rings is 1. The van der Waals surface area contributed by atoms with Crippen LogP contribution < -0.4 is 9.04 Å². The van der Waals surface area contributed by atoms with Gasteiger partial charge in [0.05, 0.1) is 24.5 Å². The zero-order valence-corrected chi connectivity index (χ0v) is 22.9. The van der Waals surface area contributed by atoms with E-state index in [1.165, 1.54) is 11.4 Å². The van der Waals surface area contributed by atoms with Gasteiger partial charge in [0.15, 0.2) is 0 Å². The van der Waals surface area contributed by atoms with Crippen molar-refractivity contribution in [2.75, 3.05) is 17.5 Å². The number of carbonyl (C=O) groups excluding carboxylic acids is 1. The molecule has 8 nitrogen and oxygen atoms in total. The fourth-order valence-electron chi connectivity index (χ4n) is 4.50.